The fourth-order valence-corrected chi connectivity index (χ4v) is 3.07. The van der Waals surface area contributed by atoms with Crippen molar-refractivity contribution in [2.75, 3.05) is 32.4 Å². The number of carboxylic acid groups (broad SMARTS) is 2. The van der Waals surface area contributed by atoms with Gasteiger partial charge in [0.25, 0.3) is 0 Å². The SMILES string of the molecule is Cc1ccccc1CN1CCN(S(C)(=O)=O)CC1.O=C(O)C(=O)O. The number of hydrogen-bond donors (Lipinski definition) is 2. The molecule has 0 spiro atoms. The number of aryl methyl sites for hydroxylation is 1. The van der Waals surface area contributed by atoms with Gasteiger partial charge in [-0.15, -0.1) is 0 Å². The van der Waals surface area contributed by atoms with Crippen LogP contribution in [0.15, 0.2) is 24.3 Å². The van der Waals surface area contributed by atoms with Crippen LogP contribution >= 0.6 is 0 Å². The Kier molecular flexibility index (Phi) is 7.33. The average molecular weight is 358 g/mol. The van der Waals surface area contributed by atoms with E-state index in [1.807, 2.05) is 6.07 Å². The molecule has 24 heavy (non-hydrogen) atoms. The van der Waals surface area contributed by atoms with Crippen molar-refractivity contribution in [1.82, 2.24) is 9.21 Å². The first-order valence-electron chi connectivity index (χ1n) is 7.29. The molecule has 0 amide bonds. The molecule has 2 N–H and O–H groups in total. The predicted molar refractivity (Wildman–Crippen MR) is 88.1 cm³/mol. The van der Waals surface area contributed by atoms with E-state index >= 15 is 0 Å². The van der Waals surface area contributed by atoms with Crippen LogP contribution in [-0.4, -0.2) is 72.2 Å². The zero-order valence-corrected chi connectivity index (χ0v) is 14.5. The third kappa shape index (κ3) is 6.65. The van der Waals surface area contributed by atoms with Crippen molar-refractivity contribution in [3.05, 3.63) is 35.4 Å². The first kappa shape index (κ1) is 20.1. The van der Waals surface area contributed by atoms with Crippen molar-refractivity contribution < 1.29 is 28.2 Å². The molecule has 1 aliphatic heterocycles. The topological polar surface area (TPSA) is 115 Å². The monoisotopic (exact) mass is 358 g/mol. The Morgan fingerprint density at radius 3 is 1.96 bits per heavy atom. The number of hydrogen-bond acceptors (Lipinski definition) is 5. The third-order valence-corrected chi connectivity index (χ3v) is 4.94. The molecule has 0 atom stereocenters. The van der Waals surface area contributed by atoms with Crippen molar-refractivity contribution in [1.29, 1.82) is 0 Å². The van der Waals surface area contributed by atoms with Crippen molar-refractivity contribution in [3.63, 3.8) is 0 Å². The predicted octanol–water partition coefficient (Wildman–Crippen LogP) is 0.228. The molecule has 8 nitrogen and oxygen atoms in total. The molecule has 2 rings (SSSR count). The maximum absolute atomic E-state index is 11.4. The van der Waals surface area contributed by atoms with Crippen LogP contribution in [0, 0.1) is 6.92 Å². The Bertz CT molecular complexity index is 669. The number of rotatable bonds is 3. The van der Waals surface area contributed by atoms with Crippen LogP contribution in [0.2, 0.25) is 0 Å². The number of aliphatic carboxylic acids is 2. The van der Waals surface area contributed by atoms with Gasteiger partial charge < -0.3 is 10.2 Å². The number of sulfonamides is 1. The minimum absolute atomic E-state index is 0.602. The Morgan fingerprint density at radius 1 is 1.04 bits per heavy atom. The van der Waals surface area contributed by atoms with Gasteiger partial charge in [0.1, 0.15) is 0 Å². The zero-order chi connectivity index (χ0) is 18.3. The maximum atomic E-state index is 11.4. The highest BCUT2D eigenvalue weighted by atomic mass is 32.2. The van der Waals surface area contributed by atoms with E-state index in [0.717, 1.165) is 19.6 Å². The summed E-state index contributed by atoms with van der Waals surface area (Å²) in [4.78, 5) is 20.5. The van der Waals surface area contributed by atoms with Gasteiger partial charge >= 0.3 is 11.9 Å². The lowest BCUT2D eigenvalue weighted by molar-refractivity contribution is -0.159. The minimum atomic E-state index is -3.02. The molecular weight excluding hydrogens is 336 g/mol. The van der Waals surface area contributed by atoms with E-state index in [0.29, 0.717) is 13.1 Å². The van der Waals surface area contributed by atoms with E-state index < -0.39 is 22.0 Å². The highest BCUT2D eigenvalue weighted by Crippen LogP contribution is 2.13. The molecule has 0 radical (unpaired) electrons. The van der Waals surface area contributed by atoms with Crippen LogP contribution < -0.4 is 0 Å². The van der Waals surface area contributed by atoms with E-state index in [2.05, 4.69) is 30.0 Å². The highest BCUT2D eigenvalue weighted by molar-refractivity contribution is 7.88. The Labute approximate surface area is 141 Å². The quantitative estimate of drug-likeness (QED) is 0.743. The molecule has 0 aromatic heterocycles. The standard InChI is InChI=1S/C13H20N2O2S.C2H2O4/c1-12-5-3-4-6-13(12)11-14-7-9-15(10-8-14)18(2,16)17;3-1(4)2(5)6/h3-6H,7-11H2,1-2H3;(H,3,4)(H,5,6). The summed E-state index contributed by atoms with van der Waals surface area (Å²) in [6, 6.07) is 8.34. The van der Waals surface area contributed by atoms with Gasteiger partial charge in [-0.05, 0) is 18.1 Å². The molecule has 1 aliphatic rings. The van der Waals surface area contributed by atoms with Gasteiger partial charge in [0, 0.05) is 32.7 Å². The van der Waals surface area contributed by atoms with Crippen LogP contribution in [-0.2, 0) is 26.2 Å². The number of benzene rings is 1. The summed E-state index contributed by atoms with van der Waals surface area (Å²) in [6.45, 7) is 5.84. The van der Waals surface area contributed by atoms with E-state index in [4.69, 9.17) is 19.8 Å². The molecule has 0 saturated carbocycles. The molecule has 0 bridgehead atoms. The Morgan fingerprint density at radius 2 is 1.54 bits per heavy atom. The molecule has 134 valence electrons. The summed E-state index contributed by atoms with van der Waals surface area (Å²) < 4.78 is 24.4. The lowest BCUT2D eigenvalue weighted by Gasteiger charge is -2.33. The summed E-state index contributed by atoms with van der Waals surface area (Å²) in [5.74, 6) is -3.65. The van der Waals surface area contributed by atoms with E-state index in [-0.39, 0.29) is 0 Å². The second-order valence-corrected chi connectivity index (χ2v) is 7.46. The van der Waals surface area contributed by atoms with E-state index in [9.17, 15) is 8.42 Å². The second-order valence-electron chi connectivity index (χ2n) is 5.47. The van der Waals surface area contributed by atoms with Crippen molar-refractivity contribution in [2.45, 2.75) is 13.5 Å². The normalized spacial score (nSPS) is 16.1. The van der Waals surface area contributed by atoms with Crippen LogP contribution in [0.25, 0.3) is 0 Å². The van der Waals surface area contributed by atoms with Gasteiger partial charge in [0.05, 0.1) is 6.26 Å². The average Bonchev–Trinajstić information content (AvgIpc) is 2.50. The summed E-state index contributed by atoms with van der Waals surface area (Å²) in [6.07, 6.45) is 1.28. The van der Waals surface area contributed by atoms with Crippen LogP contribution in [0.5, 0.6) is 0 Å². The molecule has 1 heterocycles. The smallest absolute Gasteiger partial charge is 0.414 e. The highest BCUT2D eigenvalue weighted by Gasteiger charge is 2.23. The van der Waals surface area contributed by atoms with E-state index in [1.165, 1.54) is 17.4 Å². The summed E-state index contributed by atoms with van der Waals surface area (Å²) >= 11 is 0. The summed E-state index contributed by atoms with van der Waals surface area (Å²) in [7, 11) is -3.02. The molecule has 1 fully saturated rings. The Balaban J connectivity index is 0.000000413. The van der Waals surface area contributed by atoms with Crippen molar-refractivity contribution in [2.24, 2.45) is 0 Å². The van der Waals surface area contributed by atoms with Gasteiger partial charge in [0.15, 0.2) is 0 Å². The number of nitrogens with zero attached hydrogens (tertiary/aromatic N) is 2. The zero-order valence-electron chi connectivity index (χ0n) is 13.7. The van der Waals surface area contributed by atoms with E-state index in [1.54, 1.807) is 4.31 Å². The fourth-order valence-electron chi connectivity index (χ4n) is 2.25. The lowest BCUT2D eigenvalue weighted by atomic mass is 10.1. The van der Waals surface area contributed by atoms with Crippen LogP contribution in [0.3, 0.4) is 0 Å². The summed E-state index contributed by atoms with van der Waals surface area (Å²) in [5, 5.41) is 14.8. The number of carbonyl (C=O) groups is 2. The van der Waals surface area contributed by atoms with Gasteiger partial charge in [-0.1, -0.05) is 24.3 Å². The molecule has 1 aromatic carbocycles. The molecule has 0 aliphatic carbocycles. The first-order chi connectivity index (χ1) is 11.1. The molecule has 9 heteroatoms. The van der Waals surface area contributed by atoms with Gasteiger partial charge in [-0.2, -0.15) is 4.31 Å². The lowest BCUT2D eigenvalue weighted by Crippen LogP contribution is -2.47. The van der Waals surface area contributed by atoms with Crippen molar-refractivity contribution >= 4 is 22.0 Å². The maximum Gasteiger partial charge on any atom is 0.414 e. The molecule has 1 saturated heterocycles. The molecule has 0 unspecified atom stereocenters. The van der Waals surface area contributed by atoms with Crippen LogP contribution in [0.4, 0.5) is 0 Å². The first-order valence-corrected chi connectivity index (χ1v) is 9.14. The van der Waals surface area contributed by atoms with Gasteiger partial charge in [0.2, 0.25) is 10.0 Å². The van der Waals surface area contributed by atoms with Crippen molar-refractivity contribution in [3.8, 4) is 0 Å². The van der Waals surface area contributed by atoms with Gasteiger partial charge in [-0.25, -0.2) is 18.0 Å². The third-order valence-electron chi connectivity index (χ3n) is 3.64. The second kappa shape index (κ2) is 8.76. The van der Waals surface area contributed by atoms with Gasteiger partial charge in [-0.3, -0.25) is 4.90 Å². The van der Waals surface area contributed by atoms with Crippen LogP contribution in [0.1, 0.15) is 11.1 Å². The number of carboxylic acids is 2. The molecule has 1 aromatic rings. The molecular formula is C15H22N2O6S. The number of piperazine rings is 1. The largest absolute Gasteiger partial charge is 0.473 e. The summed E-state index contributed by atoms with van der Waals surface area (Å²) in [5.41, 5.74) is 2.62. The Hall–Kier alpha value is -1.97. The minimum Gasteiger partial charge on any atom is -0.473 e. The fraction of sp³-hybridized carbons (Fsp3) is 0.467.